The monoisotopic (exact) mass is 378 g/mol. The van der Waals surface area contributed by atoms with Gasteiger partial charge in [0.2, 0.25) is 0 Å². The number of morpholine rings is 1. The third kappa shape index (κ3) is 4.47. The molecule has 0 radical (unpaired) electrons. The van der Waals surface area contributed by atoms with Crippen molar-refractivity contribution in [1.29, 1.82) is 0 Å². The molecule has 2 aliphatic rings. The van der Waals surface area contributed by atoms with E-state index in [0.717, 1.165) is 51.9 Å². The number of benzene rings is 2. The summed E-state index contributed by atoms with van der Waals surface area (Å²) < 4.78 is 5.44. The Kier molecular flexibility index (Phi) is 6.12. The summed E-state index contributed by atoms with van der Waals surface area (Å²) in [6.45, 7) is 6.46. The lowest BCUT2D eigenvalue weighted by atomic mass is 9.99. The maximum Gasteiger partial charge on any atom is 0.193 e. The molecule has 1 N–H and O–H groups in total. The van der Waals surface area contributed by atoms with Crippen molar-refractivity contribution in [3.8, 4) is 0 Å². The molecule has 5 heteroatoms. The molecule has 148 valence electrons. The Morgan fingerprint density at radius 3 is 2.50 bits per heavy atom. The van der Waals surface area contributed by atoms with Gasteiger partial charge in [0, 0.05) is 51.4 Å². The standard InChI is InChI=1S/C23H30N4O/c1-24-23(27-12-11-21(18-27)20-5-3-2-4-6-20)25-17-19-7-9-22(10-8-19)26-13-15-28-16-14-26/h2-10,21H,11-18H2,1H3,(H,24,25). The number of rotatable bonds is 4. The summed E-state index contributed by atoms with van der Waals surface area (Å²) in [5.41, 5.74) is 3.98. The van der Waals surface area contributed by atoms with Crippen LogP contribution in [0.1, 0.15) is 23.5 Å². The Morgan fingerprint density at radius 1 is 1.04 bits per heavy atom. The van der Waals surface area contributed by atoms with Crippen LogP contribution < -0.4 is 10.2 Å². The van der Waals surface area contributed by atoms with Crippen LogP contribution in [0, 0.1) is 0 Å². The Balaban J connectivity index is 1.31. The fourth-order valence-corrected chi connectivity index (χ4v) is 4.11. The largest absolute Gasteiger partial charge is 0.378 e. The van der Waals surface area contributed by atoms with Gasteiger partial charge in [-0.2, -0.15) is 0 Å². The van der Waals surface area contributed by atoms with Crippen molar-refractivity contribution in [3.63, 3.8) is 0 Å². The minimum Gasteiger partial charge on any atom is -0.378 e. The molecule has 1 unspecified atom stereocenters. The van der Waals surface area contributed by atoms with Gasteiger partial charge in [-0.25, -0.2) is 0 Å². The van der Waals surface area contributed by atoms with E-state index in [1.54, 1.807) is 0 Å². The fourth-order valence-electron chi connectivity index (χ4n) is 4.11. The van der Waals surface area contributed by atoms with Gasteiger partial charge in [0.15, 0.2) is 5.96 Å². The predicted octanol–water partition coefficient (Wildman–Crippen LogP) is 3.09. The van der Waals surface area contributed by atoms with E-state index in [1.807, 2.05) is 7.05 Å². The first-order valence-corrected chi connectivity index (χ1v) is 10.3. The summed E-state index contributed by atoms with van der Waals surface area (Å²) in [6, 6.07) is 19.7. The second-order valence-corrected chi connectivity index (χ2v) is 7.51. The molecule has 2 aromatic rings. The molecule has 0 aliphatic carbocycles. The molecule has 2 heterocycles. The second-order valence-electron chi connectivity index (χ2n) is 7.51. The molecule has 0 bridgehead atoms. The molecule has 2 aromatic carbocycles. The van der Waals surface area contributed by atoms with E-state index < -0.39 is 0 Å². The van der Waals surface area contributed by atoms with Crippen molar-refractivity contribution in [2.45, 2.75) is 18.9 Å². The number of nitrogens with one attached hydrogen (secondary N) is 1. The molecule has 4 rings (SSSR count). The number of hydrogen-bond acceptors (Lipinski definition) is 3. The van der Waals surface area contributed by atoms with E-state index in [4.69, 9.17) is 4.74 Å². The van der Waals surface area contributed by atoms with Crippen molar-refractivity contribution in [3.05, 3.63) is 65.7 Å². The Labute approximate surface area is 168 Å². The van der Waals surface area contributed by atoms with Gasteiger partial charge in [0.05, 0.1) is 13.2 Å². The van der Waals surface area contributed by atoms with Crippen molar-refractivity contribution in [2.75, 3.05) is 51.3 Å². The topological polar surface area (TPSA) is 40.1 Å². The van der Waals surface area contributed by atoms with Crippen LogP contribution in [-0.4, -0.2) is 57.3 Å². The normalized spacial score (nSPS) is 20.5. The van der Waals surface area contributed by atoms with E-state index in [-0.39, 0.29) is 0 Å². The van der Waals surface area contributed by atoms with Crippen molar-refractivity contribution in [2.24, 2.45) is 4.99 Å². The molecular weight excluding hydrogens is 348 g/mol. The first-order chi connectivity index (χ1) is 13.8. The lowest BCUT2D eigenvalue weighted by Gasteiger charge is -2.29. The molecule has 0 amide bonds. The van der Waals surface area contributed by atoms with Crippen LogP contribution in [0.15, 0.2) is 59.6 Å². The first-order valence-electron chi connectivity index (χ1n) is 10.3. The zero-order chi connectivity index (χ0) is 19.2. The van der Waals surface area contributed by atoms with Gasteiger partial charge < -0.3 is 19.9 Å². The second kappa shape index (κ2) is 9.11. The average molecular weight is 379 g/mol. The summed E-state index contributed by atoms with van der Waals surface area (Å²) in [4.78, 5) is 9.27. The molecule has 2 aliphatic heterocycles. The zero-order valence-corrected chi connectivity index (χ0v) is 16.7. The molecule has 0 spiro atoms. The summed E-state index contributed by atoms with van der Waals surface area (Å²) in [6.07, 6.45) is 1.18. The predicted molar refractivity (Wildman–Crippen MR) is 115 cm³/mol. The number of nitrogens with zero attached hydrogens (tertiary/aromatic N) is 3. The fraction of sp³-hybridized carbons (Fsp3) is 0.435. The first kappa shape index (κ1) is 18.8. The highest BCUT2D eigenvalue weighted by Gasteiger charge is 2.25. The molecule has 0 saturated carbocycles. The minimum absolute atomic E-state index is 0.590. The number of likely N-dealkylation sites (tertiary alicyclic amines) is 1. The number of anilines is 1. The van der Waals surface area contributed by atoms with Crippen molar-refractivity contribution in [1.82, 2.24) is 10.2 Å². The van der Waals surface area contributed by atoms with Gasteiger partial charge in [-0.3, -0.25) is 4.99 Å². The molecule has 2 saturated heterocycles. The molecule has 28 heavy (non-hydrogen) atoms. The van der Waals surface area contributed by atoms with E-state index >= 15 is 0 Å². The van der Waals surface area contributed by atoms with E-state index in [2.05, 4.69) is 74.7 Å². The minimum atomic E-state index is 0.590. The Hall–Kier alpha value is -2.53. The van der Waals surface area contributed by atoms with E-state index in [0.29, 0.717) is 5.92 Å². The molecule has 0 aromatic heterocycles. The highest BCUT2D eigenvalue weighted by atomic mass is 16.5. The third-order valence-corrected chi connectivity index (χ3v) is 5.73. The smallest absolute Gasteiger partial charge is 0.193 e. The van der Waals surface area contributed by atoms with Gasteiger partial charge in [-0.15, -0.1) is 0 Å². The van der Waals surface area contributed by atoms with Crippen LogP contribution >= 0.6 is 0 Å². The highest BCUT2D eigenvalue weighted by Crippen LogP contribution is 2.27. The zero-order valence-electron chi connectivity index (χ0n) is 16.7. The Bertz CT molecular complexity index is 769. The van der Waals surface area contributed by atoms with Crippen LogP contribution in [0.2, 0.25) is 0 Å². The quantitative estimate of drug-likeness (QED) is 0.656. The summed E-state index contributed by atoms with van der Waals surface area (Å²) in [5.74, 6) is 1.59. The van der Waals surface area contributed by atoms with E-state index in [1.165, 1.54) is 23.2 Å². The van der Waals surface area contributed by atoms with Crippen molar-refractivity contribution < 1.29 is 4.74 Å². The van der Waals surface area contributed by atoms with Gasteiger partial charge in [0.25, 0.3) is 0 Å². The number of hydrogen-bond donors (Lipinski definition) is 1. The molecular formula is C23H30N4O. The number of ether oxygens (including phenoxy) is 1. The van der Waals surface area contributed by atoms with Crippen LogP contribution in [0.5, 0.6) is 0 Å². The van der Waals surface area contributed by atoms with Gasteiger partial charge >= 0.3 is 0 Å². The highest BCUT2D eigenvalue weighted by molar-refractivity contribution is 5.80. The summed E-state index contributed by atoms with van der Waals surface area (Å²) in [7, 11) is 1.87. The Morgan fingerprint density at radius 2 is 1.79 bits per heavy atom. The van der Waals surface area contributed by atoms with E-state index in [9.17, 15) is 0 Å². The third-order valence-electron chi connectivity index (χ3n) is 5.73. The summed E-state index contributed by atoms with van der Waals surface area (Å²) >= 11 is 0. The SMILES string of the molecule is CN=C(NCc1ccc(N2CCOCC2)cc1)N1CCC(c2ccccc2)C1. The van der Waals surface area contributed by atoms with Gasteiger partial charge in [-0.05, 0) is 29.7 Å². The van der Waals surface area contributed by atoms with Gasteiger partial charge in [-0.1, -0.05) is 42.5 Å². The van der Waals surface area contributed by atoms with Crippen molar-refractivity contribution >= 4 is 11.6 Å². The van der Waals surface area contributed by atoms with Crippen LogP contribution in [0.25, 0.3) is 0 Å². The lowest BCUT2D eigenvalue weighted by molar-refractivity contribution is 0.122. The number of aliphatic imine (C=N–C) groups is 1. The van der Waals surface area contributed by atoms with Gasteiger partial charge in [0.1, 0.15) is 0 Å². The summed E-state index contributed by atoms with van der Waals surface area (Å²) in [5, 5.41) is 3.54. The molecule has 5 nitrogen and oxygen atoms in total. The number of guanidine groups is 1. The lowest BCUT2D eigenvalue weighted by Crippen LogP contribution is -2.39. The maximum atomic E-state index is 5.44. The average Bonchev–Trinajstić information content (AvgIpc) is 3.26. The van der Waals surface area contributed by atoms with Crippen LogP contribution in [0.3, 0.4) is 0 Å². The maximum absolute atomic E-state index is 5.44. The molecule has 2 fully saturated rings. The van der Waals surface area contributed by atoms with Crippen LogP contribution in [0.4, 0.5) is 5.69 Å². The van der Waals surface area contributed by atoms with Crippen LogP contribution in [-0.2, 0) is 11.3 Å². The molecule has 1 atom stereocenters.